The number of ether oxygens (including phenoxy) is 2. The number of anilines is 1. The summed E-state index contributed by atoms with van der Waals surface area (Å²) in [6.45, 7) is 1.74. The van der Waals surface area contributed by atoms with Crippen LogP contribution in [-0.4, -0.2) is 31.6 Å². The van der Waals surface area contributed by atoms with Crippen molar-refractivity contribution in [1.82, 2.24) is 5.32 Å². The number of hydrogen-bond donors (Lipinski definition) is 2. The molecule has 2 aromatic carbocycles. The quantitative estimate of drug-likeness (QED) is 0.801. The Balaban J connectivity index is 1.59. The van der Waals surface area contributed by atoms with E-state index >= 15 is 0 Å². The normalized spacial score (nSPS) is 13.0. The van der Waals surface area contributed by atoms with Crippen LogP contribution in [0.25, 0.3) is 0 Å². The molecule has 0 unspecified atom stereocenters. The number of carbonyl (C=O) groups excluding carboxylic acids is 2. The van der Waals surface area contributed by atoms with E-state index in [1.54, 1.807) is 43.5 Å². The third-order valence-electron chi connectivity index (χ3n) is 4.10. The minimum Gasteiger partial charge on any atom is -0.497 e. The Morgan fingerprint density at radius 3 is 2.62 bits per heavy atom. The number of benzene rings is 2. The molecule has 0 bridgehead atoms. The average molecular weight is 354 g/mol. The fourth-order valence-electron chi connectivity index (χ4n) is 2.42. The lowest BCUT2D eigenvalue weighted by molar-refractivity contribution is -0.118. The van der Waals surface area contributed by atoms with Crippen LogP contribution in [0.1, 0.15) is 28.8 Å². The molecule has 0 heterocycles. The molecule has 1 aliphatic carbocycles. The fourth-order valence-corrected chi connectivity index (χ4v) is 2.42. The maximum atomic E-state index is 12.2. The third kappa shape index (κ3) is 4.75. The first-order chi connectivity index (χ1) is 12.5. The molecule has 2 amide bonds. The summed E-state index contributed by atoms with van der Waals surface area (Å²) in [7, 11) is 1.57. The first kappa shape index (κ1) is 17.8. The van der Waals surface area contributed by atoms with Crippen molar-refractivity contribution in [3.63, 3.8) is 0 Å². The molecule has 3 rings (SSSR count). The van der Waals surface area contributed by atoms with Crippen LogP contribution in [0, 0.1) is 6.92 Å². The molecule has 136 valence electrons. The van der Waals surface area contributed by atoms with Crippen LogP contribution in [-0.2, 0) is 4.79 Å². The molecule has 1 aliphatic rings. The van der Waals surface area contributed by atoms with Crippen molar-refractivity contribution >= 4 is 17.5 Å². The zero-order valence-electron chi connectivity index (χ0n) is 14.9. The summed E-state index contributed by atoms with van der Waals surface area (Å²) in [6, 6.07) is 12.6. The van der Waals surface area contributed by atoms with E-state index in [4.69, 9.17) is 9.47 Å². The predicted molar refractivity (Wildman–Crippen MR) is 98.8 cm³/mol. The Kier molecular flexibility index (Phi) is 5.41. The zero-order valence-corrected chi connectivity index (χ0v) is 14.9. The van der Waals surface area contributed by atoms with Crippen molar-refractivity contribution < 1.29 is 19.1 Å². The van der Waals surface area contributed by atoms with Crippen LogP contribution >= 0.6 is 0 Å². The molecule has 1 saturated carbocycles. The van der Waals surface area contributed by atoms with E-state index in [-0.39, 0.29) is 24.5 Å². The highest BCUT2D eigenvalue weighted by Crippen LogP contribution is 2.22. The van der Waals surface area contributed by atoms with Gasteiger partial charge in [-0.1, -0.05) is 12.1 Å². The predicted octanol–water partition coefficient (Wildman–Crippen LogP) is 2.91. The summed E-state index contributed by atoms with van der Waals surface area (Å²) in [5, 5.41) is 5.74. The minimum atomic E-state index is -0.296. The van der Waals surface area contributed by atoms with Gasteiger partial charge in [-0.05, 0) is 49.6 Å². The molecule has 2 N–H and O–H groups in total. The number of nitrogens with one attached hydrogen (secondary N) is 2. The Morgan fingerprint density at radius 2 is 1.88 bits per heavy atom. The number of methoxy groups -OCH3 is 1. The number of hydrogen-bond acceptors (Lipinski definition) is 4. The molecule has 0 atom stereocenters. The summed E-state index contributed by atoms with van der Waals surface area (Å²) in [5.74, 6) is 0.799. The highest BCUT2D eigenvalue weighted by Gasteiger charge is 2.24. The SMILES string of the molecule is COc1cccc(OCC(=O)Nc2cc(C(=O)NC3CC3)ccc2C)c1. The Hall–Kier alpha value is -3.02. The van der Waals surface area contributed by atoms with Crippen molar-refractivity contribution in [2.24, 2.45) is 0 Å². The smallest absolute Gasteiger partial charge is 0.262 e. The highest BCUT2D eigenvalue weighted by molar-refractivity contribution is 5.98. The Morgan fingerprint density at radius 1 is 1.12 bits per heavy atom. The molecule has 0 radical (unpaired) electrons. The largest absolute Gasteiger partial charge is 0.497 e. The van der Waals surface area contributed by atoms with E-state index in [0.29, 0.717) is 22.7 Å². The first-order valence-electron chi connectivity index (χ1n) is 8.53. The van der Waals surface area contributed by atoms with Gasteiger partial charge in [0.2, 0.25) is 0 Å². The number of rotatable bonds is 7. The monoisotopic (exact) mass is 354 g/mol. The number of amides is 2. The number of carbonyl (C=O) groups is 2. The number of aryl methyl sites for hydroxylation is 1. The van der Waals surface area contributed by atoms with E-state index in [0.717, 1.165) is 18.4 Å². The highest BCUT2D eigenvalue weighted by atomic mass is 16.5. The van der Waals surface area contributed by atoms with Gasteiger partial charge >= 0.3 is 0 Å². The second-order valence-electron chi connectivity index (χ2n) is 6.29. The van der Waals surface area contributed by atoms with Gasteiger partial charge in [-0.2, -0.15) is 0 Å². The van der Waals surface area contributed by atoms with Gasteiger partial charge in [0.05, 0.1) is 7.11 Å². The molecule has 26 heavy (non-hydrogen) atoms. The molecular formula is C20H22N2O4. The summed E-state index contributed by atoms with van der Waals surface area (Å²) in [5.41, 5.74) is 2.02. The summed E-state index contributed by atoms with van der Waals surface area (Å²) in [6.07, 6.45) is 2.06. The van der Waals surface area contributed by atoms with Crippen LogP contribution in [0.3, 0.4) is 0 Å². The molecule has 0 aliphatic heterocycles. The van der Waals surface area contributed by atoms with Crippen molar-refractivity contribution in [2.75, 3.05) is 19.0 Å². The maximum absolute atomic E-state index is 12.2. The van der Waals surface area contributed by atoms with Gasteiger partial charge in [0.1, 0.15) is 11.5 Å². The first-order valence-corrected chi connectivity index (χ1v) is 8.53. The summed E-state index contributed by atoms with van der Waals surface area (Å²) < 4.78 is 10.6. The second kappa shape index (κ2) is 7.91. The van der Waals surface area contributed by atoms with Crippen LogP contribution < -0.4 is 20.1 Å². The average Bonchev–Trinajstić information content (AvgIpc) is 3.46. The van der Waals surface area contributed by atoms with Crippen molar-refractivity contribution in [3.05, 3.63) is 53.6 Å². The van der Waals surface area contributed by atoms with Crippen molar-refractivity contribution in [3.8, 4) is 11.5 Å². The lowest BCUT2D eigenvalue weighted by Gasteiger charge is -2.12. The molecule has 0 aromatic heterocycles. The Bertz CT molecular complexity index is 815. The zero-order chi connectivity index (χ0) is 18.5. The topological polar surface area (TPSA) is 76.7 Å². The summed E-state index contributed by atoms with van der Waals surface area (Å²) in [4.78, 5) is 24.3. The Labute approximate surface area is 152 Å². The second-order valence-corrected chi connectivity index (χ2v) is 6.29. The van der Waals surface area contributed by atoms with Gasteiger partial charge < -0.3 is 20.1 Å². The van der Waals surface area contributed by atoms with E-state index in [1.165, 1.54) is 0 Å². The molecule has 6 nitrogen and oxygen atoms in total. The van der Waals surface area contributed by atoms with Crippen molar-refractivity contribution in [1.29, 1.82) is 0 Å². The fraction of sp³-hybridized carbons (Fsp3) is 0.300. The van der Waals surface area contributed by atoms with Crippen molar-refractivity contribution in [2.45, 2.75) is 25.8 Å². The van der Waals surface area contributed by atoms with Gasteiger partial charge in [0, 0.05) is 23.4 Å². The van der Waals surface area contributed by atoms with Crippen LogP contribution in [0.4, 0.5) is 5.69 Å². The van der Waals surface area contributed by atoms with Gasteiger partial charge in [-0.3, -0.25) is 9.59 Å². The van der Waals surface area contributed by atoms with E-state index in [1.807, 2.05) is 13.0 Å². The summed E-state index contributed by atoms with van der Waals surface area (Å²) >= 11 is 0. The van der Waals surface area contributed by atoms with Gasteiger partial charge in [0.25, 0.3) is 11.8 Å². The molecule has 0 spiro atoms. The minimum absolute atomic E-state index is 0.115. The molecule has 2 aromatic rings. The van der Waals surface area contributed by atoms with E-state index in [2.05, 4.69) is 10.6 Å². The van der Waals surface area contributed by atoms with E-state index < -0.39 is 0 Å². The maximum Gasteiger partial charge on any atom is 0.262 e. The lowest BCUT2D eigenvalue weighted by Crippen LogP contribution is -2.26. The lowest BCUT2D eigenvalue weighted by atomic mass is 10.1. The standard InChI is InChI=1S/C20H22N2O4/c1-13-6-7-14(20(24)21-15-8-9-15)10-18(13)22-19(23)12-26-17-5-3-4-16(11-17)25-2/h3-7,10-11,15H,8-9,12H2,1-2H3,(H,21,24)(H,22,23). The van der Waals surface area contributed by atoms with Gasteiger partial charge in [0.15, 0.2) is 6.61 Å². The molecule has 0 saturated heterocycles. The van der Waals surface area contributed by atoms with Gasteiger partial charge in [-0.25, -0.2) is 0 Å². The van der Waals surface area contributed by atoms with E-state index in [9.17, 15) is 9.59 Å². The van der Waals surface area contributed by atoms with Crippen LogP contribution in [0.15, 0.2) is 42.5 Å². The molecule has 6 heteroatoms. The van der Waals surface area contributed by atoms with Gasteiger partial charge in [-0.15, -0.1) is 0 Å². The van der Waals surface area contributed by atoms with Crippen LogP contribution in [0.2, 0.25) is 0 Å². The molecule has 1 fully saturated rings. The third-order valence-corrected chi connectivity index (χ3v) is 4.10. The molecular weight excluding hydrogens is 332 g/mol. The van der Waals surface area contributed by atoms with Crippen LogP contribution in [0.5, 0.6) is 11.5 Å².